The molecule has 0 saturated carbocycles. The predicted molar refractivity (Wildman–Crippen MR) is 129 cm³/mol. The molecule has 0 N–H and O–H groups in total. The quantitative estimate of drug-likeness (QED) is 0.213. The molecule has 3 heterocycles. The predicted octanol–water partition coefficient (Wildman–Crippen LogP) is 6.73. The van der Waals surface area contributed by atoms with Crippen molar-refractivity contribution in [3.05, 3.63) is 64.4 Å². The molecular formula is C22H17Cl2FN4O2S2. The first-order valence-electron chi connectivity index (χ1n) is 9.54. The minimum atomic E-state index is -0.522. The van der Waals surface area contributed by atoms with Crippen molar-refractivity contribution < 1.29 is 14.0 Å². The Bertz CT molecular complexity index is 1320. The lowest BCUT2D eigenvalue weighted by Crippen LogP contribution is -1.94. The van der Waals surface area contributed by atoms with Gasteiger partial charge in [-0.15, -0.1) is 11.8 Å². The van der Waals surface area contributed by atoms with E-state index in [1.54, 1.807) is 39.9 Å². The lowest BCUT2D eigenvalue weighted by atomic mass is 10.1. The number of pyridine rings is 1. The third kappa shape index (κ3) is 6.07. The highest BCUT2D eigenvalue weighted by Crippen LogP contribution is 2.41. The van der Waals surface area contributed by atoms with E-state index in [9.17, 15) is 4.39 Å². The first kappa shape index (κ1) is 25.1. The molecule has 0 amide bonds. The summed E-state index contributed by atoms with van der Waals surface area (Å²) in [6.07, 6.45) is 3.57. The number of rotatable bonds is 5. The average molecular weight is 523 g/mol. The van der Waals surface area contributed by atoms with Gasteiger partial charge >= 0.3 is 6.15 Å². The van der Waals surface area contributed by atoms with Crippen LogP contribution in [0.4, 0.5) is 4.39 Å². The van der Waals surface area contributed by atoms with Crippen molar-refractivity contribution in [3.63, 3.8) is 0 Å². The van der Waals surface area contributed by atoms with Crippen molar-refractivity contribution >= 4 is 52.5 Å². The van der Waals surface area contributed by atoms with Crippen LogP contribution in [-0.2, 0) is 9.59 Å². The summed E-state index contributed by atoms with van der Waals surface area (Å²) in [5.41, 5.74) is 4.09. The first-order valence-corrected chi connectivity index (χ1v) is 12.0. The smallest absolute Gasteiger partial charge is 0.228 e. The molecule has 0 unspecified atom stereocenters. The second kappa shape index (κ2) is 11.0. The Morgan fingerprint density at radius 3 is 2.48 bits per heavy atom. The van der Waals surface area contributed by atoms with Crippen LogP contribution in [0.3, 0.4) is 0 Å². The maximum atomic E-state index is 13.6. The van der Waals surface area contributed by atoms with Crippen LogP contribution in [0.25, 0.3) is 27.5 Å². The molecule has 4 rings (SSSR count). The number of aryl methyl sites for hydroxylation is 1. The third-order valence-electron chi connectivity index (χ3n) is 4.25. The van der Waals surface area contributed by atoms with Crippen molar-refractivity contribution in [2.75, 3.05) is 0 Å². The zero-order valence-corrected chi connectivity index (χ0v) is 20.8. The summed E-state index contributed by atoms with van der Waals surface area (Å²) in [5, 5.41) is 6.71. The van der Waals surface area contributed by atoms with E-state index in [2.05, 4.69) is 23.9 Å². The zero-order valence-electron chi connectivity index (χ0n) is 17.7. The van der Waals surface area contributed by atoms with Gasteiger partial charge in [0, 0.05) is 34.8 Å². The van der Waals surface area contributed by atoms with Gasteiger partial charge in [0.15, 0.2) is 0 Å². The van der Waals surface area contributed by atoms with Crippen molar-refractivity contribution in [2.24, 2.45) is 0 Å². The fourth-order valence-corrected chi connectivity index (χ4v) is 5.67. The Hall–Kier alpha value is -2.55. The number of thioether (sulfide) groups is 1. The number of benzene rings is 1. The number of nitrogens with zero attached hydrogens (tertiary/aromatic N) is 4. The van der Waals surface area contributed by atoms with E-state index in [-0.39, 0.29) is 6.15 Å². The number of halogens is 3. The zero-order chi connectivity index (χ0) is 24.1. The van der Waals surface area contributed by atoms with Gasteiger partial charge in [-0.1, -0.05) is 54.5 Å². The lowest BCUT2D eigenvalue weighted by Gasteiger charge is -2.05. The molecule has 0 saturated heterocycles. The largest absolute Gasteiger partial charge is 0.373 e. The highest BCUT2D eigenvalue weighted by Gasteiger charge is 2.19. The van der Waals surface area contributed by atoms with Crippen LogP contribution in [-0.4, -0.2) is 31.1 Å². The van der Waals surface area contributed by atoms with Crippen LogP contribution < -0.4 is 0 Å². The van der Waals surface area contributed by atoms with Crippen LogP contribution in [0, 0.1) is 12.9 Å². The van der Waals surface area contributed by atoms with Gasteiger partial charge in [0.1, 0.15) is 0 Å². The van der Waals surface area contributed by atoms with Crippen molar-refractivity contribution in [3.8, 4) is 27.5 Å². The van der Waals surface area contributed by atoms with E-state index in [4.69, 9.17) is 37.8 Å². The van der Waals surface area contributed by atoms with Gasteiger partial charge in [-0.2, -0.15) is 19.1 Å². The Labute approximate surface area is 207 Å². The van der Waals surface area contributed by atoms with Gasteiger partial charge < -0.3 is 0 Å². The molecule has 4 aromatic rings. The molecule has 0 spiro atoms. The highest BCUT2D eigenvalue weighted by molar-refractivity contribution is 8.01. The van der Waals surface area contributed by atoms with Gasteiger partial charge in [0.05, 0.1) is 25.6 Å². The number of aromatic nitrogens is 4. The standard InChI is InChI=1S/C21H17Cl2FN4S2.CO2/c1-11(2)29-20-19(14-4-5-16(22)17(23)8-14)26-21(30-20)28-10-15(12(3)27-28)13-6-7-25-18(24)9-13;2-1-3/h4-11H,1-3H3;. The van der Waals surface area contributed by atoms with Gasteiger partial charge in [0.25, 0.3) is 0 Å². The summed E-state index contributed by atoms with van der Waals surface area (Å²) in [6.45, 7) is 6.16. The molecule has 170 valence electrons. The molecular weight excluding hydrogens is 506 g/mol. The molecule has 1 aromatic carbocycles. The fourth-order valence-electron chi connectivity index (χ4n) is 2.92. The summed E-state index contributed by atoms with van der Waals surface area (Å²) in [6, 6.07) is 8.68. The average Bonchev–Trinajstić information content (AvgIpc) is 3.34. The molecule has 0 fully saturated rings. The molecule has 11 heteroatoms. The van der Waals surface area contributed by atoms with Gasteiger partial charge in [-0.05, 0) is 30.7 Å². The minimum Gasteiger partial charge on any atom is -0.228 e. The number of thiazole rings is 1. The lowest BCUT2D eigenvalue weighted by molar-refractivity contribution is -0.191. The Kier molecular flexibility index (Phi) is 8.40. The number of hydrogen-bond acceptors (Lipinski definition) is 7. The van der Waals surface area contributed by atoms with Crippen LogP contribution in [0.2, 0.25) is 10.0 Å². The summed E-state index contributed by atoms with van der Waals surface area (Å²) >= 11 is 15.6. The van der Waals surface area contributed by atoms with E-state index >= 15 is 0 Å². The number of hydrogen-bond donors (Lipinski definition) is 0. The molecule has 3 aromatic heterocycles. The molecule has 0 aliphatic heterocycles. The van der Waals surface area contributed by atoms with Crippen LogP contribution in [0.1, 0.15) is 19.5 Å². The van der Waals surface area contributed by atoms with Crippen LogP contribution in [0.15, 0.2) is 46.9 Å². The normalized spacial score (nSPS) is 10.6. The van der Waals surface area contributed by atoms with Gasteiger partial charge in [-0.25, -0.2) is 14.6 Å². The maximum Gasteiger partial charge on any atom is 0.373 e. The van der Waals surface area contributed by atoms with E-state index < -0.39 is 5.95 Å². The molecule has 0 atom stereocenters. The number of carbonyl (C=O) groups excluding carboxylic acids is 2. The SMILES string of the molecule is Cc1nn(-c2nc(-c3ccc(Cl)c(Cl)c3)c(SC(C)C)s2)cc1-c1ccnc(F)c1.O=C=O. The van der Waals surface area contributed by atoms with Crippen molar-refractivity contribution in [2.45, 2.75) is 30.2 Å². The minimum absolute atomic E-state index is 0.250. The second-order valence-electron chi connectivity index (χ2n) is 6.95. The highest BCUT2D eigenvalue weighted by atomic mass is 35.5. The monoisotopic (exact) mass is 522 g/mol. The Balaban J connectivity index is 0.000000968. The van der Waals surface area contributed by atoms with E-state index in [1.165, 1.54) is 12.3 Å². The van der Waals surface area contributed by atoms with Gasteiger partial charge in [-0.3, -0.25) is 0 Å². The molecule has 0 bridgehead atoms. The molecule has 0 radical (unpaired) electrons. The first-order chi connectivity index (χ1) is 15.7. The maximum absolute atomic E-state index is 13.6. The van der Waals surface area contributed by atoms with E-state index in [0.717, 1.165) is 37.4 Å². The van der Waals surface area contributed by atoms with Crippen molar-refractivity contribution in [1.82, 2.24) is 19.7 Å². The fraction of sp³-hybridized carbons (Fsp3) is 0.182. The van der Waals surface area contributed by atoms with Crippen LogP contribution >= 0.6 is 46.3 Å². The summed E-state index contributed by atoms with van der Waals surface area (Å²) in [4.78, 5) is 24.7. The van der Waals surface area contributed by atoms with E-state index in [0.29, 0.717) is 15.3 Å². The molecule has 6 nitrogen and oxygen atoms in total. The summed E-state index contributed by atoms with van der Waals surface area (Å²) < 4.78 is 16.4. The Morgan fingerprint density at radius 1 is 1.12 bits per heavy atom. The molecule has 0 aliphatic carbocycles. The Morgan fingerprint density at radius 2 is 1.85 bits per heavy atom. The van der Waals surface area contributed by atoms with Crippen molar-refractivity contribution in [1.29, 1.82) is 0 Å². The second-order valence-corrected chi connectivity index (χ2v) is 10.6. The summed E-state index contributed by atoms with van der Waals surface area (Å²) in [5.74, 6) is -0.522. The molecule has 33 heavy (non-hydrogen) atoms. The van der Waals surface area contributed by atoms with Crippen LogP contribution in [0.5, 0.6) is 0 Å². The third-order valence-corrected chi connectivity index (χ3v) is 7.25. The summed E-state index contributed by atoms with van der Waals surface area (Å²) in [7, 11) is 0. The topological polar surface area (TPSA) is 77.7 Å². The van der Waals surface area contributed by atoms with Gasteiger partial charge in [0.2, 0.25) is 11.1 Å². The van der Waals surface area contributed by atoms with E-state index in [1.807, 2.05) is 25.3 Å². The molecule has 0 aliphatic rings.